The van der Waals surface area contributed by atoms with E-state index in [0.29, 0.717) is 0 Å². The van der Waals surface area contributed by atoms with E-state index >= 15 is 0 Å². The summed E-state index contributed by atoms with van der Waals surface area (Å²) in [6.45, 7) is 0. The van der Waals surface area contributed by atoms with Crippen molar-refractivity contribution in [3.63, 3.8) is 0 Å². The smallest absolute Gasteiger partial charge is 0.0462 e. The van der Waals surface area contributed by atoms with Gasteiger partial charge in [0.15, 0.2) is 0 Å². The molecular formula is C48H31NS. The molecule has 2 heteroatoms. The fourth-order valence-electron chi connectivity index (χ4n) is 7.63. The summed E-state index contributed by atoms with van der Waals surface area (Å²) in [6.07, 6.45) is 0. The van der Waals surface area contributed by atoms with Crippen LogP contribution in [0.15, 0.2) is 188 Å². The molecule has 0 amide bonds. The summed E-state index contributed by atoms with van der Waals surface area (Å²) in [5.74, 6) is 0. The van der Waals surface area contributed by atoms with Crippen LogP contribution in [0.1, 0.15) is 0 Å². The average molecular weight is 654 g/mol. The van der Waals surface area contributed by atoms with Crippen molar-refractivity contribution in [3.8, 4) is 22.3 Å². The molecule has 0 radical (unpaired) electrons. The molecule has 0 aliphatic carbocycles. The molecule has 0 aliphatic heterocycles. The zero-order valence-electron chi connectivity index (χ0n) is 27.3. The highest BCUT2D eigenvalue weighted by atomic mass is 32.1. The second-order valence-corrected chi connectivity index (χ2v) is 14.0. The number of benzene rings is 9. The molecule has 10 aromatic rings. The quantitative estimate of drug-likeness (QED) is 0.167. The lowest BCUT2D eigenvalue weighted by Crippen LogP contribution is -2.09. The van der Waals surface area contributed by atoms with Gasteiger partial charge in [-0.25, -0.2) is 0 Å². The van der Waals surface area contributed by atoms with Crippen LogP contribution in [0.4, 0.5) is 17.1 Å². The third kappa shape index (κ3) is 4.76. The molecule has 0 spiro atoms. The van der Waals surface area contributed by atoms with Crippen LogP contribution < -0.4 is 4.90 Å². The maximum Gasteiger partial charge on any atom is 0.0462 e. The lowest BCUT2D eigenvalue weighted by Gasteiger charge is -2.26. The van der Waals surface area contributed by atoms with E-state index < -0.39 is 0 Å². The molecule has 1 aromatic heterocycles. The van der Waals surface area contributed by atoms with Gasteiger partial charge in [0.1, 0.15) is 0 Å². The molecule has 0 unspecified atom stereocenters. The molecule has 0 fully saturated rings. The molecule has 1 heterocycles. The van der Waals surface area contributed by atoms with Gasteiger partial charge in [0.05, 0.1) is 0 Å². The van der Waals surface area contributed by atoms with Crippen LogP contribution in [-0.4, -0.2) is 0 Å². The number of rotatable bonds is 5. The minimum absolute atomic E-state index is 1.12. The molecule has 0 N–H and O–H groups in total. The average Bonchev–Trinajstić information content (AvgIpc) is 3.58. The summed E-state index contributed by atoms with van der Waals surface area (Å²) in [6, 6.07) is 68.6. The van der Waals surface area contributed by atoms with E-state index in [9.17, 15) is 0 Å². The van der Waals surface area contributed by atoms with Gasteiger partial charge in [-0.05, 0) is 115 Å². The largest absolute Gasteiger partial charge is 0.311 e. The molecule has 0 saturated carbocycles. The summed E-state index contributed by atoms with van der Waals surface area (Å²) in [5, 5.41) is 10.4. The minimum atomic E-state index is 1.12. The van der Waals surface area contributed by atoms with Crippen molar-refractivity contribution in [2.45, 2.75) is 0 Å². The van der Waals surface area contributed by atoms with E-state index in [0.717, 1.165) is 17.1 Å². The number of thiophene rings is 1. The van der Waals surface area contributed by atoms with Crippen LogP contribution in [-0.2, 0) is 0 Å². The van der Waals surface area contributed by atoms with E-state index in [4.69, 9.17) is 0 Å². The van der Waals surface area contributed by atoms with Gasteiger partial charge in [-0.2, -0.15) is 0 Å². The molecule has 10 rings (SSSR count). The second-order valence-electron chi connectivity index (χ2n) is 12.9. The number of nitrogens with zero attached hydrogens (tertiary/aromatic N) is 1. The first-order chi connectivity index (χ1) is 24.8. The first-order valence-corrected chi connectivity index (χ1v) is 17.9. The number of fused-ring (bicyclic) bond motifs is 8. The van der Waals surface area contributed by atoms with Crippen molar-refractivity contribution in [1.82, 2.24) is 0 Å². The summed E-state index contributed by atoms with van der Waals surface area (Å²) < 4.78 is 2.67. The van der Waals surface area contributed by atoms with Crippen LogP contribution in [0, 0.1) is 0 Å². The highest BCUT2D eigenvalue weighted by molar-refractivity contribution is 7.26. The Morgan fingerprint density at radius 3 is 1.68 bits per heavy atom. The van der Waals surface area contributed by atoms with Crippen LogP contribution in [0.5, 0.6) is 0 Å². The van der Waals surface area contributed by atoms with Crippen molar-refractivity contribution in [1.29, 1.82) is 0 Å². The Morgan fingerprint density at radius 2 is 0.900 bits per heavy atom. The van der Waals surface area contributed by atoms with Gasteiger partial charge >= 0.3 is 0 Å². The third-order valence-corrected chi connectivity index (χ3v) is 11.2. The molecule has 1 nitrogen and oxygen atoms in total. The minimum Gasteiger partial charge on any atom is -0.311 e. The standard InChI is InChI=1S/C48H31NS/c1-2-11-37(12-3-1)49(39-27-22-33(23-28-39)44-31-36-10-4-5-13-40(36)41-14-6-7-15-42(41)44)38-25-20-32(21-26-38)35-19-18-34-24-29-47-48(45(34)30-35)43-16-8-9-17-46(43)50-47/h1-31H. The molecule has 234 valence electrons. The molecule has 0 saturated heterocycles. The number of hydrogen-bond acceptors (Lipinski definition) is 2. The Balaban J connectivity index is 1.04. The number of para-hydroxylation sites is 1. The predicted octanol–water partition coefficient (Wildman–Crippen LogP) is 14.3. The summed E-state index contributed by atoms with van der Waals surface area (Å²) in [7, 11) is 0. The van der Waals surface area contributed by atoms with Crippen molar-refractivity contribution in [2.24, 2.45) is 0 Å². The molecule has 0 aliphatic rings. The lowest BCUT2D eigenvalue weighted by molar-refractivity contribution is 1.28. The van der Waals surface area contributed by atoms with E-state index in [1.54, 1.807) is 0 Å². The third-order valence-electron chi connectivity index (χ3n) is 10.0. The topological polar surface area (TPSA) is 3.24 Å². The Kier molecular flexibility index (Phi) is 6.75. The Morgan fingerprint density at radius 1 is 0.320 bits per heavy atom. The van der Waals surface area contributed by atoms with E-state index in [1.165, 1.54) is 74.7 Å². The van der Waals surface area contributed by atoms with E-state index in [-0.39, 0.29) is 0 Å². The Hall–Kier alpha value is -6.22. The van der Waals surface area contributed by atoms with Gasteiger partial charge in [0.2, 0.25) is 0 Å². The molecule has 0 bridgehead atoms. The maximum absolute atomic E-state index is 2.37. The Labute approximate surface area is 294 Å². The number of anilines is 3. The van der Waals surface area contributed by atoms with Crippen LogP contribution >= 0.6 is 11.3 Å². The summed E-state index contributed by atoms with van der Waals surface area (Å²) in [5.41, 5.74) is 8.27. The SMILES string of the molecule is c1ccc(N(c2ccc(-c3ccc4ccc5sc6ccccc6c5c4c3)cc2)c2ccc(-c3cc4ccccc4c4ccccc34)cc2)cc1. The highest BCUT2D eigenvalue weighted by Crippen LogP contribution is 2.41. The first-order valence-electron chi connectivity index (χ1n) is 17.1. The molecule has 9 aromatic carbocycles. The van der Waals surface area contributed by atoms with Crippen molar-refractivity contribution >= 4 is 80.9 Å². The van der Waals surface area contributed by atoms with E-state index in [1.807, 2.05) is 11.3 Å². The first kappa shape index (κ1) is 28.8. The van der Waals surface area contributed by atoms with Crippen molar-refractivity contribution in [2.75, 3.05) is 4.90 Å². The lowest BCUT2D eigenvalue weighted by atomic mass is 9.93. The van der Waals surface area contributed by atoms with Gasteiger partial charge in [0.25, 0.3) is 0 Å². The monoisotopic (exact) mass is 653 g/mol. The fraction of sp³-hybridized carbons (Fsp3) is 0. The second kappa shape index (κ2) is 11.7. The summed E-state index contributed by atoms with van der Waals surface area (Å²) >= 11 is 1.87. The number of hydrogen-bond donors (Lipinski definition) is 0. The Bertz CT molecular complexity index is 2850. The maximum atomic E-state index is 2.37. The molecule has 0 atom stereocenters. The van der Waals surface area contributed by atoms with Crippen molar-refractivity contribution in [3.05, 3.63) is 188 Å². The zero-order chi connectivity index (χ0) is 33.0. The molecule has 50 heavy (non-hydrogen) atoms. The van der Waals surface area contributed by atoms with Gasteiger partial charge in [-0.3, -0.25) is 0 Å². The molecular weight excluding hydrogens is 623 g/mol. The summed E-state index contributed by atoms with van der Waals surface area (Å²) in [4.78, 5) is 2.34. The fourth-order valence-corrected chi connectivity index (χ4v) is 8.75. The predicted molar refractivity (Wildman–Crippen MR) is 217 cm³/mol. The van der Waals surface area contributed by atoms with Crippen LogP contribution in [0.2, 0.25) is 0 Å². The van der Waals surface area contributed by atoms with Crippen LogP contribution in [0.25, 0.3) is 74.7 Å². The van der Waals surface area contributed by atoms with E-state index in [2.05, 4.69) is 193 Å². The zero-order valence-corrected chi connectivity index (χ0v) is 28.1. The van der Waals surface area contributed by atoms with Gasteiger partial charge < -0.3 is 4.90 Å². The highest BCUT2D eigenvalue weighted by Gasteiger charge is 2.15. The van der Waals surface area contributed by atoms with Crippen molar-refractivity contribution < 1.29 is 0 Å². The van der Waals surface area contributed by atoms with Gasteiger partial charge in [0, 0.05) is 37.2 Å². The van der Waals surface area contributed by atoms with Crippen LogP contribution in [0.3, 0.4) is 0 Å². The normalized spacial score (nSPS) is 11.6. The van der Waals surface area contributed by atoms with Gasteiger partial charge in [-0.15, -0.1) is 11.3 Å². The van der Waals surface area contributed by atoms with Gasteiger partial charge in [-0.1, -0.05) is 127 Å².